The van der Waals surface area contributed by atoms with E-state index in [1.807, 2.05) is 0 Å². The fraction of sp³-hybridized carbons (Fsp3) is 0.333. The highest BCUT2D eigenvalue weighted by atomic mass is 16.4. The number of phenols is 1. The van der Waals surface area contributed by atoms with Crippen LogP contribution in [0.4, 0.5) is 0 Å². The van der Waals surface area contributed by atoms with Crippen LogP contribution >= 0.6 is 0 Å². The van der Waals surface area contributed by atoms with Crippen molar-refractivity contribution in [2.75, 3.05) is 0 Å². The SMILES string of the molecule is CC(C)[C@@H](NC(=O)c1ccc(O)cc1)C(=O)O. The Morgan fingerprint density at radius 1 is 1.18 bits per heavy atom. The van der Waals surface area contributed by atoms with Crippen LogP contribution in [-0.2, 0) is 4.79 Å². The average Bonchev–Trinajstić information content (AvgIpc) is 2.25. The normalized spacial score (nSPS) is 12.2. The van der Waals surface area contributed by atoms with Gasteiger partial charge in [0.2, 0.25) is 0 Å². The van der Waals surface area contributed by atoms with Crippen molar-refractivity contribution in [2.45, 2.75) is 19.9 Å². The van der Waals surface area contributed by atoms with E-state index in [-0.39, 0.29) is 11.7 Å². The molecular weight excluding hydrogens is 222 g/mol. The van der Waals surface area contributed by atoms with Crippen LogP contribution in [0.25, 0.3) is 0 Å². The molecule has 0 aliphatic heterocycles. The Balaban J connectivity index is 2.77. The molecule has 0 heterocycles. The molecule has 3 N–H and O–H groups in total. The van der Waals surface area contributed by atoms with Crippen molar-refractivity contribution in [3.8, 4) is 5.75 Å². The van der Waals surface area contributed by atoms with Gasteiger partial charge >= 0.3 is 5.97 Å². The zero-order valence-corrected chi connectivity index (χ0v) is 9.68. The monoisotopic (exact) mass is 237 g/mol. The summed E-state index contributed by atoms with van der Waals surface area (Å²) in [5.74, 6) is -1.67. The van der Waals surface area contributed by atoms with Crippen LogP contribution in [0.3, 0.4) is 0 Å². The summed E-state index contributed by atoms with van der Waals surface area (Å²) in [5, 5.41) is 20.4. The minimum Gasteiger partial charge on any atom is -0.508 e. The number of phenolic OH excluding ortho intramolecular Hbond substituents is 1. The molecule has 1 aromatic carbocycles. The molecule has 5 nitrogen and oxygen atoms in total. The van der Waals surface area contributed by atoms with E-state index in [0.717, 1.165) is 0 Å². The molecular formula is C12H15NO4. The molecule has 1 amide bonds. The summed E-state index contributed by atoms with van der Waals surface area (Å²) < 4.78 is 0. The molecule has 92 valence electrons. The molecule has 0 bridgehead atoms. The lowest BCUT2D eigenvalue weighted by molar-refractivity contribution is -0.140. The van der Waals surface area contributed by atoms with Gasteiger partial charge in [0.05, 0.1) is 0 Å². The number of nitrogens with one attached hydrogen (secondary N) is 1. The summed E-state index contributed by atoms with van der Waals surface area (Å²) in [4.78, 5) is 22.6. The van der Waals surface area contributed by atoms with Crippen LogP contribution < -0.4 is 5.32 Å². The van der Waals surface area contributed by atoms with Gasteiger partial charge in [0, 0.05) is 5.56 Å². The molecule has 0 fully saturated rings. The maximum absolute atomic E-state index is 11.7. The summed E-state index contributed by atoms with van der Waals surface area (Å²) in [6.07, 6.45) is 0. The van der Waals surface area contributed by atoms with E-state index in [1.165, 1.54) is 24.3 Å². The second kappa shape index (κ2) is 5.34. The molecule has 0 radical (unpaired) electrons. The minimum absolute atomic E-state index is 0.0557. The van der Waals surface area contributed by atoms with Crippen LogP contribution in [-0.4, -0.2) is 28.1 Å². The topological polar surface area (TPSA) is 86.6 Å². The summed E-state index contributed by atoms with van der Waals surface area (Å²) in [6.45, 7) is 3.44. The average molecular weight is 237 g/mol. The number of carboxylic acid groups (broad SMARTS) is 1. The molecule has 0 unspecified atom stereocenters. The molecule has 0 aromatic heterocycles. The third-order valence-electron chi connectivity index (χ3n) is 2.35. The number of carboxylic acids is 1. The van der Waals surface area contributed by atoms with Gasteiger partial charge in [0.25, 0.3) is 5.91 Å². The molecule has 0 saturated heterocycles. The van der Waals surface area contributed by atoms with Crippen LogP contribution in [0.1, 0.15) is 24.2 Å². The van der Waals surface area contributed by atoms with Crippen molar-refractivity contribution in [3.05, 3.63) is 29.8 Å². The predicted octanol–water partition coefficient (Wildman–Crippen LogP) is 1.23. The highest BCUT2D eigenvalue weighted by molar-refractivity contribution is 5.96. The first-order chi connectivity index (χ1) is 7.91. The summed E-state index contributed by atoms with van der Waals surface area (Å²) >= 11 is 0. The van der Waals surface area contributed by atoms with Crippen LogP contribution in [0, 0.1) is 5.92 Å². The first-order valence-electron chi connectivity index (χ1n) is 5.24. The maximum atomic E-state index is 11.7. The van der Waals surface area contributed by atoms with E-state index in [1.54, 1.807) is 13.8 Å². The number of amides is 1. The molecule has 0 spiro atoms. The number of benzene rings is 1. The smallest absolute Gasteiger partial charge is 0.326 e. The molecule has 5 heteroatoms. The third kappa shape index (κ3) is 3.48. The van der Waals surface area contributed by atoms with E-state index in [0.29, 0.717) is 5.56 Å². The van der Waals surface area contributed by atoms with Crippen molar-refractivity contribution in [1.29, 1.82) is 0 Å². The largest absolute Gasteiger partial charge is 0.508 e. The van der Waals surface area contributed by atoms with E-state index >= 15 is 0 Å². The summed E-state index contributed by atoms with van der Waals surface area (Å²) in [5.41, 5.74) is 0.315. The van der Waals surface area contributed by atoms with E-state index in [2.05, 4.69) is 5.32 Å². The molecule has 17 heavy (non-hydrogen) atoms. The van der Waals surface area contributed by atoms with Crippen LogP contribution in [0.15, 0.2) is 24.3 Å². The van der Waals surface area contributed by atoms with Crippen LogP contribution in [0.5, 0.6) is 5.75 Å². The number of aromatic hydroxyl groups is 1. The second-order valence-corrected chi connectivity index (χ2v) is 4.08. The van der Waals surface area contributed by atoms with Crippen LogP contribution in [0.2, 0.25) is 0 Å². The van der Waals surface area contributed by atoms with Gasteiger partial charge in [-0.15, -0.1) is 0 Å². The zero-order valence-electron chi connectivity index (χ0n) is 9.68. The summed E-state index contributed by atoms with van der Waals surface area (Å²) in [7, 11) is 0. The Kier molecular flexibility index (Phi) is 4.09. The molecule has 0 aliphatic rings. The Hall–Kier alpha value is -2.04. The lowest BCUT2D eigenvalue weighted by atomic mass is 10.0. The van der Waals surface area contributed by atoms with Gasteiger partial charge in [-0.25, -0.2) is 4.79 Å². The number of hydrogen-bond acceptors (Lipinski definition) is 3. The van der Waals surface area contributed by atoms with Gasteiger partial charge in [-0.2, -0.15) is 0 Å². The number of hydrogen-bond donors (Lipinski definition) is 3. The molecule has 1 aromatic rings. The zero-order chi connectivity index (χ0) is 13.0. The van der Waals surface area contributed by atoms with E-state index < -0.39 is 17.9 Å². The number of carbonyl (C=O) groups excluding carboxylic acids is 1. The number of aliphatic carboxylic acids is 1. The first kappa shape index (κ1) is 13.0. The van der Waals surface area contributed by atoms with E-state index in [4.69, 9.17) is 10.2 Å². The highest BCUT2D eigenvalue weighted by Crippen LogP contribution is 2.10. The van der Waals surface area contributed by atoms with E-state index in [9.17, 15) is 9.59 Å². The number of carbonyl (C=O) groups is 2. The number of rotatable bonds is 4. The Morgan fingerprint density at radius 3 is 2.12 bits per heavy atom. The van der Waals surface area contributed by atoms with Crippen molar-refractivity contribution in [1.82, 2.24) is 5.32 Å². The van der Waals surface area contributed by atoms with Crippen molar-refractivity contribution >= 4 is 11.9 Å². The molecule has 1 rings (SSSR count). The predicted molar refractivity (Wildman–Crippen MR) is 61.8 cm³/mol. The minimum atomic E-state index is -1.06. The molecule has 0 saturated carbocycles. The second-order valence-electron chi connectivity index (χ2n) is 4.08. The van der Waals surface area contributed by atoms with Crippen molar-refractivity contribution in [3.63, 3.8) is 0 Å². The van der Waals surface area contributed by atoms with Gasteiger partial charge in [0.1, 0.15) is 11.8 Å². The van der Waals surface area contributed by atoms with Gasteiger partial charge in [0.15, 0.2) is 0 Å². The summed E-state index contributed by atoms with van der Waals surface area (Å²) in [6, 6.07) is 4.70. The van der Waals surface area contributed by atoms with Gasteiger partial charge in [-0.05, 0) is 30.2 Å². The Labute approximate surface area is 99.1 Å². The third-order valence-corrected chi connectivity index (χ3v) is 2.35. The lowest BCUT2D eigenvalue weighted by Gasteiger charge is -2.17. The fourth-order valence-electron chi connectivity index (χ4n) is 1.35. The van der Waals surface area contributed by atoms with Gasteiger partial charge in [-0.3, -0.25) is 4.79 Å². The van der Waals surface area contributed by atoms with Crippen molar-refractivity contribution in [2.24, 2.45) is 5.92 Å². The Bertz CT molecular complexity index is 411. The van der Waals surface area contributed by atoms with Gasteiger partial charge in [-0.1, -0.05) is 13.8 Å². The van der Waals surface area contributed by atoms with Crippen molar-refractivity contribution < 1.29 is 19.8 Å². The fourth-order valence-corrected chi connectivity index (χ4v) is 1.35. The first-order valence-corrected chi connectivity index (χ1v) is 5.24. The maximum Gasteiger partial charge on any atom is 0.326 e. The highest BCUT2D eigenvalue weighted by Gasteiger charge is 2.23. The molecule has 0 aliphatic carbocycles. The lowest BCUT2D eigenvalue weighted by Crippen LogP contribution is -2.44. The van der Waals surface area contributed by atoms with Gasteiger partial charge < -0.3 is 15.5 Å². The Morgan fingerprint density at radius 2 is 1.71 bits per heavy atom. The standard InChI is InChI=1S/C12H15NO4/c1-7(2)10(12(16)17)13-11(15)8-3-5-9(14)6-4-8/h3-7,10,14H,1-2H3,(H,13,15)(H,16,17)/t10-/m1/s1. The quantitative estimate of drug-likeness (QED) is 0.735. The molecule has 1 atom stereocenters.